The van der Waals surface area contributed by atoms with Gasteiger partial charge >= 0.3 is 0 Å². The van der Waals surface area contributed by atoms with Crippen LogP contribution in [-0.2, 0) is 4.79 Å². The molecule has 138 valence electrons. The number of fused-ring (bicyclic) bond motifs is 1. The van der Waals surface area contributed by atoms with Crippen molar-refractivity contribution in [1.82, 2.24) is 16.2 Å². The third kappa shape index (κ3) is 3.94. The molecule has 0 aromatic heterocycles. The molecule has 2 unspecified atom stereocenters. The minimum Gasteiger partial charge on any atom is -0.491 e. The molecule has 27 heavy (non-hydrogen) atoms. The van der Waals surface area contributed by atoms with E-state index in [1.165, 1.54) is 0 Å². The lowest BCUT2D eigenvalue weighted by atomic mass is 9.94. The number of nitrogens with one attached hydrogen (secondary N) is 3. The molecule has 1 saturated heterocycles. The lowest BCUT2D eigenvalue weighted by molar-refractivity contribution is -0.125. The summed E-state index contributed by atoms with van der Waals surface area (Å²) in [6.45, 7) is 1.51. The van der Waals surface area contributed by atoms with Gasteiger partial charge in [0.05, 0.1) is 18.5 Å². The lowest BCUT2D eigenvalue weighted by Gasteiger charge is -2.18. The first-order chi connectivity index (χ1) is 13.3. The number of hydrogen-bond acceptors (Lipinski definition) is 4. The molecule has 0 aliphatic carbocycles. The first-order valence-electron chi connectivity index (χ1n) is 9.24. The molecule has 1 heterocycles. The number of hydrazine groups is 1. The molecule has 4 rings (SSSR count). The SMILES string of the molecule is O=C(NCCOc1cccc2ccccc12)C1CNNC1c1ccccc1. The van der Waals surface area contributed by atoms with Crippen molar-refractivity contribution in [3.63, 3.8) is 0 Å². The Balaban J connectivity index is 1.32. The van der Waals surface area contributed by atoms with Gasteiger partial charge in [-0.3, -0.25) is 10.2 Å². The summed E-state index contributed by atoms with van der Waals surface area (Å²) >= 11 is 0. The van der Waals surface area contributed by atoms with Crippen molar-refractivity contribution in [3.05, 3.63) is 78.4 Å². The molecule has 2 atom stereocenters. The summed E-state index contributed by atoms with van der Waals surface area (Å²) in [4.78, 5) is 12.6. The molecule has 1 amide bonds. The maximum absolute atomic E-state index is 12.6. The summed E-state index contributed by atoms with van der Waals surface area (Å²) in [5.74, 6) is 0.724. The van der Waals surface area contributed by atoms with Gasteiger partial charge in [-0.25, -0.2) is 5.43 Å². The molecular formula is C22H23N3O2. The molecule has 3 N–H and O–H groups in total. The van der Waals surface area contributed by atoms with Crippen molar-refractivity contribution in [1.29, 1.82) is 0 Å². The fourth-order valence-electron chi connectivity index (χ4n) is 3.51. The van der Waals surface area contributed by atoms with E-state index < -0.39 is 0 Å². The van der Waals surface area contributed by atoms with Gasteiger partial charge in [-0.2, -0.15) is 0 Å². The largest absolute Gasteiger partial charge is 0.491 e. The van der Waals surface area contributed by atoms with E-state index in [-0.39, 0.29) is 17.9 Å². The normalized spacial score (nSPS) is 19.1. The van der Waals surface area contributed by atoms with E-state index in [1.807, 2.05) is 60.7 Å². The van der Waals surface area contributed by atoms with Gasteiger partial charge in [0, 0.05) is 11.9 Å². The van der Waals surface area contributed by atoms with Crippen LogP contribution in [0.25, 0.3) is 10.8 Å². The van der Waals surface area contributed by atoms with E-state index in [0.29, 0.717) is 19.7 Å². The molecular weight excluding hydrogens is 338 g/mol. The van der Waals surface area contributed by atoms with Crippen molar-refractivity contribution in [2.45, 2.75) is 6.04 Å². The highest BCUT2D eigenvalue weighted by molar-refractivity contribution is 5.88. The zero-order chi connectivity index (χ0) is 18.5. The monoisotopic (exact) mass is 361 g/mol. The first kappa shape index (κ1) is 17.5. The van der Waals surface area contributed by atoms with Gasteiger partial charge in [-0.1, -0.05) is 66.7 Å². The van der Waals surface area contributed by atoms with Crippen LogP contribution >= 0.6 is 0 Å². The molecule has 0 radical (unpaired) electrons. The molecule has 1 aliphatic rings. The summed E-state index contributed by atoms with van der Waals surface area (Å²) in [7, 11) is 0. The highest BCUT2D eigenvalue weighted by Crippen LogP contribution is 2.26. The van der Waals surface area contributed by atoms with E-state index in [4.69, 9.17) is 4.74 Å². The van der Waals surface area contributed by atoms with Crippen LogP contribution in [-0.4, -0.2) is 25.6 Å². The van der Waals surface area contributed by atoms with E-state index in [0.717, 1.165) is 22.1 Å². The van der Waals surface area contributed by atoms with Gasteiger partial charge in [0.25, 0.3) is 0 Å². The summed E-state index contributed by atoms with van der Waals surface area (Å²) in [6.07, 6.45) is 0. The second kappa shape index (κ2) is 8.20. The predicted octanol–water partition coefficient (Wildman–Crippen LogP) is 2.80. The van der Waals surface area contributed by atoms with Gasteiger partial charge in [0.2, 0.25) is 5.91 Å². The Labute approximate surface area is 158 Å². The Morgan fingerprint density at radius 3 is 2.67 bits per heavy atom. The average molecular weight is 361 g/mol. The van der Waals surface area contributed by atoms with Crippen LogP contribution in [0, 0.1) is 5.92 Å². The van der Waals surface area contributed by atoms with Crippen molar-refractivity contribution < 1.29 is 9.53 Å². The van der Waals surface area contributed by atoms with Crippen LogP contribution in [0.3, 0.4) is 0 Å². The summed E-state index contributed by atoms with van der Waals surface area (Å²) < 4.78 is 5.90. The van der Waals surface area contributed by atoms with E-state index >= 15 is 0 Å². The Bertz CT molecular complexity index is 908. The minimum atomic E-state index is -0.148. The second-order valence-electron chi connectivity index (χ2n) is 6.64. The van der Waals surface area contributed by atoms with Crippen LogP contribution in [0.2, 0.25) is 0 Å². The minimum absolute atomic E-state index is 0.0230. The summed E-state index contributed by atoms with van der Waals surface area (Å²) in [5.41, 5.74) is 7.40. The highest BCUT2D eigenvalue weighted by atomic mass is 16.5. The van der Waals surface area contributed by atoms with Gasteiger partial charge in [-0.15, -0.1) is 0 Å². The average Bonchev–Trinajstić information content (AvgIpc) is 3.22. The smallest absolute Gasteiger partial charge is 0.226 e. The molecule has 0 saturated carbocycles. The molecule has 3 aromatic rings. The molecule has 0 spiro atoms. The standard InChI is InChI=1S/C22H23N3O2/c26-22(19-15-24-25-21(19)17-8-2-1-3-9-17)23-13-14-27-20-12-6-10-16-7-4-5-11-18(16)20/h1-12,19,21,24-25H,13-15H2,(H,23,26). The molecule has 0 bridgehead atoms. The number of carbonyl (C=O) groups excluding carboxylic acids is 1. The Morgan fingerprint density at radius 1 is 1.00 bits per heavy atom. The van der Waals surface area contributed by atoms with Gasteiger partial charge in [0.15, 0.2) is 0 Å². The Kier molecular flexibility index (Phi) is 5.32. The number of carbonyl (C=O) groups is 1. The third-order valence-corrected chi connectivity index (χ3v) is 4.89. The Morgan fingerprint density at radius 2 is 1.78 bits per heavy atom. The fraction of sp³-hybridized carbons (Fsp3) is 0.227. The number of ether oxygens (including phenoxy) is 1. The maximum atomic E-state index is 12.6. The zero-order valence-electron chi connectivity index (χ0n) is 15.0. The topological polar surface area (TPSA) is 62.4 Å². The molecule has 3 aromatic carbocycles. The number of benzene rings is 3. The van der Waals surface area contributed by atoms with Crippen molar-refractivity contribution in [3.8, 4) is 5.75 Å². The first-order valence-corrected chi connectivity index (χ1v) is 9.24. The number of rotatable bonds is 6. The van der Waals surface area contributed by atoms with Crippen molar-refractivity contribution in [2.24, 2.45) is 5.92 Å². The highest BCUT2D eigenvalue weighted by Gasteiger charge is 2.33. The quantitative estimate of drug-likeness (QED) is 0.591. The van der Waals surface area contributed by atoms with Crippen LogP contribution in [0.4, 0.5) is 0 Å². The lowest BCUT2D eigenvalue weighted by Crippen LogP contribution is -2.37. The van der Waals surface area contributed by atoms with Crippen LogP contribution in [0.5, 0.6) is 5.75 Å². The second-order valence-corrected chi connectivity index (χ2v) is 6.64. The maximum Gasteiger partial charge on any atom is 0.226 e. The number of hydrogen-bond donors (Lipinski definition) is 3. The summed E-state index contributed by atoms with van der Waals surface area (Å²) in [5, 5.41) is 5.23. The van der Waals surface area contributed by atoms with E-state index in [9.17, 15) is 4.79 Å². The van der Waals surface area contributed by atoms with Crippen molar-refractivity contribution in [2.75, 3.05) is 19.7 Å². The predicted molar refractivity (Wildman–Crippen MR) is 106 cm³/mol. The Hall–Kier alpha value is -2.89. The number of amides is 1. The van der Waals surface area contributed by atoms with Gasteiger partial charge in [-0.05, 0) is 17.0 Å². The fourth-order valence-corrected chi connectivity index (χ4v) is 3.51. The van der Waals surface area contributed by atoms with Gasteiger partial charge in [0.1, 0.15) is 12.4 Å². The zero-order valence-corrected chi connectivity index (χ0v) is 15.0. The molecule has 1 fully saturated rings. The third-order valence-electron chi connectivity index (χ3n) is 4.89. The van der Waals surface area contributed by atoms with Crippen LogP contribution in [0.1, 0.15) is 11.6 Å². The van der Waals surface area contributed by atoms with E-state index in [1.54, 1.807) is 0 Å². The van der Waals surface area contributed by atoms with Crippen LogP contribution in [0.15, 0.2) is 72.8 Å². The van der Waals surface area contributed by atoms with Gasteiger partial charge < -0.3 is 10.1 Å². The summed E-state index contributed by atoms with van der Waals surface area (Å²) in [6, 6.07) is 24.1. The molecule has 5 heteroatoms. The molecule has 5 nitrogen and oxygen atoms in total. The molecule has 1 aliphatic heterocycles. The van der Waals surface area contributed by atoms with Crippen molar-refractivity contribution >= 4 is 16.7 Å². The van der Waals surface area contributed by atoms with Crippen LogP contribution < -0.4 is 20.9 Å². The van der Waals surface area contributed by atoms with E-state index in [2.05, 4.69) is 28.3 Å².